The van der Waals surface area contributed by atoms with Crippen LogP contribution in [0.2, 0.25) is 0 Å². The molecule has 0 saturated heterocycles. The zero-order valence-corrected chi connectivity index (χ0v) is 19.9. The van der Waals surface area contributed by atoms with Crippen molar-refractivity contribution in [1.82, 2.24) is 0 Å². The van der Waals surface area contributed by atoms with Crippen molar-refractivity contribution in [2.24, 2.45) is 0 Å². The van der Waals surface area contributed by atoms with Crippen LogP contribution < -0.4 is 15.9 Å². The number of nitrogens with zero attached hydrogens (tertiary/aromatic N) is 1. The lowest BCUT2D eigenvalue weighted by Crippen LogP contribution is -2.52. The lowest BCUT2D eigenvalue weighted by atomic mass is 9.97. The summed E-state index contributed by atoms with van der Waals surface area (Å²) in [7, 11) is 1.03. The highest BCUT2D eigenvalue weighted by atomic mass is 32.1. The van der Waals surface area contributed by atoms with Gasteiger partial charge in [-0.3, -0.25) is 0 Å². The number of thiophene rings is 1. The van der Waals surface area contributed by atoms with Crippen LogP contribution in [0.5, 0.6) is 0 Å². The third-order valence-corrected chi connectivity index (χ3v) is 11.1. The number of hydrogen-bond donors (Lipinski definition) is 0. The van der Waals surface area contributed by atoms with E-state index >= 15 is 13.2 Å². The molecule has 1 heterocycles. The van der Waals surface area contributed by atoms with E-state index in [-0.39, 0.29) is 10.2 Å². The number of benzene rings is 3. The van der Waals surface area contributed by atoms with Gasteiger partial charge in [0.1, 0.15) is 0 Å². The van der Waals surface area contributed by atoms with Gasteiger partial charge in [-0.2, -0.15) is 18.4 Å². The summed E-state index contributed by atoms with van der Waals surface area (Å²) in [5, 5.41) is 13.8. The van der Waals surface area contributed by atoms with Crippen LogP contribution in [0.25, 0.3) is 0 Å². The van der Waals surface area contributed by atoms with Crippen molar-refractivity contribution in [3.63, 3.8) is 0 Å². The molecule has 172 valence electrons. The summed E-state index contributed by atoms with van der Waals surface area (Å²) in [6, 6.07) is 32.0. The summed E-state index contributed by atoms with van der Waals surface area (Å²) in [5.74, 6) is 0. The number of alkyl halides is 3. The fourth-order valence-corrected chi connectivity index (χ4v) is 9.85. The molecule has 0 bridgehead atoms. The highest BCUT2D eigenvalue weighted by Gasteiger charge is 2.63. The monoisotopic (exact) mass is 495 g/mol. The van der Waals surface area contributed by atoms with Crippen molar-refractivity contribution in [2.75, 3.05) is 7.11 Å². The molecule has 4 rings (SSSR count). The van der Waals surface area contributed by atoms with E-state index in [9.17, 15) is 5.26 Å². The van der Waals surface area contributed by atoms with E-state index in [1.807, 2.05) is 18.2 Å². The summed E-state index contributed by atoms with van der Waals surface area (Å²) >= 11 is 0.928. The lowest BCUT2D eigenvalue weighted by molar-refractivity contribution is -0.243. The van der Waals surface area contributed by atoms with Gasteiger partial charge in [-0.05, 0) is 34.2 Å². The van der Waals surface area contributed by atoms with Crippen molar-refractivity contribution in [1.29, 1.82) is 5.26 Å². The van der Waals surface area contributed by atoms with Crippen LogP contribution in [-0.4, -0.2) is 18.6 Å². The minimum atomic E-state index is -4.89. The van der Waals surface area contributed by atoms with Gasteiger partial charge in [0.05, 0.1) is 16.2 Å². The predicted octanol–water partition coefficient (Wildman–Crippen LogP) is 5.84. The van der Waals surface area contributed by atoms with Crippen molar-refractivity contribution >= 4 is 39.4 Å². The second kappa shape index (κ2) is 9.64. The normalized spacial score (nSPS) is 13.6. The molecule has 0 N–H and O–H groups in total. The maximum Gasteiger partial charge on any atom is 0.427 e. The Morgan fingerprint density at radius 3 is 1.50 bits per heavy atom. The van der Waals surface area contributed by atoms with Crippen molar-refractivity contribution in [3.8, 4) is 6.07 Å². The van der Waals surface area contributed by atoms with E-state index in [4.69, 9.17) is 4.74 Å². The van der Waals surface area contributed by atoms with Crippen LogP contribution in [0, 0.1) is 11.3 Å². The summed E-state index contributed by atoms with van der Waals surface area (Å²) in [5.41, 5.74) is -2.91. The number of ether oxygens (including phenoxy) is 1. The fourth-order valence-electron chi connectivity index (χ4n) is 4.36. The van der Waals surface area contributed by atoms with E-state index in [1.54, 1.807) is 84.2 Å². The van der Waals surface area contributed by atoms with E-state index < -0.39 is 18.7 Å². The molecule has 0 aliphatic rings. The van der Waals surface area contributed by atoms with Gasteiger partial charge in [-0.25, -0.2) is 0 Å². The Morgan fingerprint density at radius 1 is 0.765 bits per heavy atom. The largest absolute Gasteiger partial charge is 0.427 e. The Bertz CT molecular complexity index is 1230. The third kappa shape index (κ3) is 3.71. The van der Waals surface area contributed by atoms with Crippen LogP contribution in [-0.2, 0) is 10.3 Å². The Hall–Kier alpha value is -3.10. The average molecular weight is 496 g/mol. The average Bonchev–Trinajstić information content (AvgIpc) is 3.40. The van der Waals surface area contributed by atoms with Crippen LogP contribution >= 0.6 is 18.2 Å². The number of nitriles is 1. The molecule has 3 aromatic carbocycles. The van der Waals surface area contributed by atoms with Gasteiger partial charge in [0, 0.05) is 7.11 Å². The van der Waals surface area contributed by atoms with Gasteiger partial charge in [0.2, 0.25) is 5.60 Å². The van der Waals surface area contributed by atoms with E-state index in [2.05, 4.69) is 6.07 Å². The fraction of sp³-hybridized carbons (Fsp3) is 0.111. The summed E-state index contributed by atoms with van der Waals surface area (Å²) < 4.78 is 51.0. The van der Waals surface area contributed by atoms with Gasteiger partial charge in [0.25, 0.3) is 0 Å². The summed E-state index contributed by atoms with van der Waals surface area (Å²) in [4.78, 5) is -0.0776. The molecule has 0 fully saturated rings. The molecule has 0 saturated carbocycles. The standard InChI is InChI=1S/C27H21F3NOPS/c1-32-26(27(28,29)30,25-18-11-19-34-25)24(20-31)33(21-12-5-2-6-13-21,22-14-7-3-8-15-22)23-16-9-4-10-17-23/h2-19H,1H3. The number of methoxy groups -OCH3 is 1. The van der Waals surface area contributed by atoms with Crippen LogP contribution in [0.1, 0.15) is 4.88 Å². The first kappa shape index (κ1) is 24.0. The molecule has 1 unspecified atom stereocenters. The van der Waals surface area contributed by atoms with E-state index in [1.165, 1.54) is 6.07 Å². The first-order chi connectivity index (χ1) is 16.4. The predicted molar refractivity (Wildman–Crippen MR) is 135 cm³/mol. The second-order valence-corrected chi connectivity index (χ2v) is 11.8. The lowest BCUT2D eigenvalue weighted by Gasteiger charge is -2.40. The molecule has 1 atom stereocenters. The maximum absolute atomic E-state index is 15.2. The number of rotatable bonds is 6. The summed E-state index contributed by atoms with van der Waals surface area (Å²) in [6.07, 6.45) is -4.89. The van der Waals surface area contributed by atoms with Gasteiger partial charge < -0.3 is 4.74 Å². The molecule has 0 amide bonds. The van der Waals surface area contributed by atoms with Crippen molar-refractivity contribution < 1.29 is 17.9 Å². The Balaban J connectivity index is 2.37. The Morgan fingerprint density at radius 2 is 1.21 bits per heavy atom. The first-order valence-corrected chi connectivity index (χ1v) is 13.1. The van der Waals surface area contributed by atoms with E-state index in [0.717, 1.165) is 18.4 Å². The molecule has 2 nitrogen and oxygen atoms in total. The van der Waals surface area contributed by atoms with Gasteiger partial charge in [-0.1, -0.05) is 97.1 Å². The zero-order chi connectivity index (χ0) is 24.2. The topological polar surface area (TPSA) is 33.0 Å². The molecule has 34 heavy (non-hydrogen) atoms. The minimum absolute atomic E-state index is 0.0776. The number of hydrogen-bond acceptors (Lipinski definition) is 3. The Labute approximate surface area is 200 Å². The van der Waals surface area contributed by atoms with Crippen molar-refractivity contribution in [2.45, 2.75) is 11.8 Å². The molecule has 1 aromatic heterocycles. The molecule has 4 aromatic rings. The zero-order valence-electron chi connectivity index (χ0n) is 18.2. The molecule has 0 radical (unpaired) electrons. The smallest absolute Gasteiger partial charge is 0.359 e. The molecular weight excluding hydrogens is 474 g/mol. The molecular formula is C27H21F3NOPS. The number of halogens is 3. The van der Waals surface area contributed by atoms with Crippen molar-refractivity contribution in [3.05, 3.63) is 113 Å². The quantitative estimate of drug-likeness (QED) is 0.315. The van der Waals surface area contributed by atoms with E-state index in [0.29, 0.717) is 15.9 Å². The third-order valence-electron chi connectivity index (χ3n) is 5.78. The SMILES string of the molecule is COC(C(C#N)=P(c1ccccc1)(c1ccccc1)c1ccccc1)(c1cccs1)C(F)(F)F. The minimum Gasteiger partial charge on any atom is -0.359 e. The molecule has 0 aliphatic heterocycles. The molecule has 7 heteroatoms. The van der Waals surface area contributed by atoms with Gasteiger partial charge >= 0.3 is 6.18 Å². The van der Waals surface area contributed by atoms with Crippen LogP contribution in [0.4, 0.5) is 13.2 Å². The summed E-state index contributed by atoms with van der Waals surface area (Å²) in [6.45, 7) is -3.32. The van der Waals surface area contributed by atoms with Crippen LogP contribution in [0.3, 0.4) is 0 Å². The second-order valence-electron chi connectivity index (χ2n) is 7.50. The first-order valence-electron chi connectivity index (χ1n) is 10.4. The highest BCUT2D eigenvalue weighted by molar-refractivity contribution is 7.95. The van der Waals surface area contributed by atoms with Crippen LogP contribution in [0.15, 0.2) is 109 Å². The molecule has 0 aliphatic carbocycles. The highest BCUT2D eigenvalue weighted by Crippen LogP contribution is 2.55. The maximum atomic E-state index is 15.2. The molecule has 0 spiro atoms. The van der Waals surface area contributed by atoms with Gasteiger partial charge in [0.15, 0.2) is 0 Å². The Kier molecular flexibility index (Phi) is 6.81. The van der Waals surface area contributed by atoms with Gasteiger partial charge in [-0.15, -0.1) is 11.3 Å².